The number of amides is 1. The number of halogens is 1. The van der Waals surface area contributed by atoms with Crippen LogP contribution in [0, 0.1) is 11.7 Å². The van der Waals surface area contributed by atoms with Gasteiger partial charge in [-0.25, -0.2) is 4.39 Å². The Morgan fingerprint density at radius 2 is 2.35 bits per heavy atom. The van der Waals surface area contributed by atoms with Gasteiger partial charge in [0.15, 0.2) is 0 Å². The van der Waals surface area contributed by atoms with Gasteiger partial charge in [-0.15, -0.1) is 11.3 Å². The van der Waals surface area contributed by atoms with E-state index in [1.165, 1.54) is 23.5 Å². The number of hydrogen-bond donors (Lipinski definition) is 2. The van der Waals surface area contributed by atoms with Crippen molar-refractivity contribution in [2.75, 3.05) is 25.4 Å². The maximum Gasteiger partial charge on any atom is 0.266 e. The van der Waals surface area contributed by atoms with Gasteiger partial charge in [0.2, 0.25) is 0 Å². The number of nitrogens with two attached hydrogens (primary N) is 1. The summed E-state index contributed by atoms with van der Waals surface area (Å²) in [5, 5.41) is 9.73. The van der Waals surface area contributed by atoms with Crippen molar-refractivity contribution in [1.82, 2.24) is 4.90 Å². The van der Waals surface area contributed by atoms with E-state index in [4.69, 9.17) is 10.8 Å². The lowest BCUT2D eigenvalue weighted by Gasteiger charge is -2.15. The van der Waals surface area contributed by atoms with Crippen molar-refractivity contribution in [1.29, 1.82) is 0 Å². The average molecular weight is 294 g/mol. The number of aliphatic hydroxyl groups is 1. The Bertz CT molecular complexity index is 670. The van der Waals surface area contributed by atoms with Crippen LogP contribution in [-0.2, 0) is 0 Å². The highest BCUT2D eigenvalue weighted by atomic mass is 32.1. The van der Waals surface area contributed by atoms with E-state index in [9.17, 15) is 9.18 Å². The number of thiophene rings is 1. The van der Waals surface area contributed by atoms with Gasteiger partial charge in [-0.2, -0.15) is 0 Å². The third kappa shape index (κ3) is 2.14. The number of benzene rings is 1. The number of fused-ring (bicyclic) bond motifs is 1. The van der Waals surface area contributed by atoms with Crippen LogP contribution in [0.15, 0.2) is 18.2 Å². The van der Waals surface area contributed by atoms with E-state index < -0.39 is 0 Å². The maximum absolute atomic E-state index is 13.3. The molecular formula is C14H15FN2O2S. The van der Waals surface area contributed by atoms with Gasteiger partial charge in [-0.3, -0.25) is 4.79 Å². The summed E-state index contributed by atoms with van der Waals surface area (Å²) in [4.78, 5) is 14.6. The van der Waals surface area contributed by atoms with Gasteiger partial charge in [-0.05, 0) is 24.6 Å². The van der Waals surface area contributed by atoms with Crippen LogP contribution in [0.2, 0.25) is 0 Å². The lowest BCUT2D eigenvalue weighted by atomic mass is 10.1. The van der Waals surface area contributed by atoms with Gasteiger partial charge < -0.3 is 15.7 Å². The molecule has 106 valence electrons. The third-order valence-electron chi connectivity index (χ3n) is 3.71. The maximum atomic E-state index is 13.3. The quantitative estimate of drug-likeness (QED) is 0.891. The SMILES string of the molecule is Nc1c(C(=O)N2CCC(CO)C2)sc2ccc(F)cc12. The Morgan fingerprint density at radius 3 is 3.05 bits per heavy atom. The Labute approximate surface area is 119 Å². The van der Waals surface area contributed by atoms with Gasteiger partial charge >= 0.3 is 0 Å². The predicted molar refractivity (Wildman–Crippen MR) is 77.3 cm³/mol. The second-order valence-corrected chi connectivity index (χ2v) is 6.13. The summed E-state index contributed by atoms with van der Waals surface area (Å²) in [5.74, 6) is -0.338. The van der Waals surface area contributed by atoms with Crippen molar-refractivity contribution in [2.45, 2.75) is 6.42 Å². The zero-order chi connectivity index (χ0) is 14.3. The molecule has 20 heavy (non-hydrogen) atoms. The molecule has 1 aromatic carbocycles. The molecule has 1 aliphatic heterocycles. The van der Waals surface area contributed by atoms with Crippen LogP contribution in [-0.4, -0.2) is 35.6 Å². The normalized spacial score (nSPS) is 18.9. The minimum atomic E-state index is -0.359. The summed E-state index contributed by atoms with van der Waals surface area (Å²) >= 11 is 1.29. The average Bonchev–Trinajstić information content (AvgIpc) is 3.04. The minimum Gasteiger partial charge on any atom is -0.397 e. The number of hydrogen-bond acceptors (Lipinski definition) is 4. The number of carbonyl (C=O) groups is 1. The van der Waals surface area contributed by atoms with Crippen LogP contribution in [0.4, 0.5) is 10.1 Å². The number of nitrogens with zero attached hydrogens (tertiary/aromatic N) is 1. The lowest BCUT2D eigenvalue weighted by Crippen LogP contribution is -2.29. The van der Waals surface area contributed by atoms with Crippen molar-refractivity contribution >= 4 is 33.0 Å². The monoisotopic (exact) mass is 294 g/mol. The van der Waals surface area contributed by atoms with Crippen LogP contribution in [0.1, 0.15) is 16.1 Å². The van der Waals surface area contributed by atoms with Gasteiger partial charge in [0.1, 0.15) is 10.7 Å². The third-order valence-corrected chi connectivity index (χ3v) is 4.89. The first kappa shape index (κ1) is 13.3. The fourth-order valence-corrected chi connectivity index (χ4v) is 3.63. The molecule has 1 unspecified atom stereocenters. The van der Waals surface area contributed by atoms with Crippen LogP contribution in [0.5, 0.6) is 0 Å². The first-order chi connectivity index (χ1) is 9.60. The standard InChI is InChI=1S/C14H15FN2O2S/c15-9-1-2-11-10(5-9)12(16)13(20-11)14(19)17-4-3-8(6-17)7-18/h1-2,5,8,18H,3-4,6-7,16H2. The molecule has 0 radical (unpaired) electrons. The van der Waals surface area contributed by atoms with E-state index in [0.717, 1.165) is 11.1 Å². The number of nitrogen functional groups attached to an aromatic ring is 1. The van der Waals surface area contributed by atoms with Gasteiger partial charge in [0, 0.05) is 35.7 Å². The van der Waals surface area contributed by atoms with Crippen molar-refractivity contribution in [3.8, 4) is 0 Å². The molecule has 0 bridgehead atoms. The minimum absolute atomic E-state index is 0.0941. The second kappa shape index (κ2) is 5.03. The zero-order valence-electron chi connectivity index (χ0n) is 10.8. The molecule has 4 nitrogen and oxygen atoms in total. The van der Waals surface area contributed by atoms with E-state index >= 15 is 0 Å². The molecule has 3 rings (SSSR count). The molecule has 3 N–H and O–H groups in total. The van der Waals surface area contributed by atoms with Gasteiger partial charge in [-0.1, -0.05) is 0 Å². The van der Waals surface area contributed by atoms with Crippen LogP contribution < -0.4 is 5.73 Å². The number of rotatable bonds is 2. The molecule has 0 saturated carbocycles. The molecule has 1 aromatic heterocycles. The molecule has 6 heteroatoms. The van der Waals surface area contributed by atoms with Gasteiger partial charge in [0.25, 0.3) is 5.91 Å². The molecule has 1 amide bonds. The smallest absolute Gasteiger partial charge is 0.266 e. The van der Waals surface area contributed by atoms with Crippen LogP contribution >= 0.6 is 11.3 Å². The Hall–Kier alpha value is -1.66. The van der Waals surface area contributed by atoms with E-state index in [-0.39, 0.29) is 24.2 Å². The first-order valence-electron chi connectivity index (χ1n) is 6.48. The van der Waals surface area contributed by atoms with E-state index in [1.807, 2.05) is 0 Å². The lowest BCUT2D eigenvalue weighted by molar-refractivity contribution is 0.0787. The Kier molecular flexibility index (Phi) is 3.35. The van der Waals surface area contributed by atoms with E-state index in [2.05, 4.69) is 0 Å². The highest BCUT2D eigenvalue weighted by Gasteiger charge is 2.29. The number of aliphatic hydroxyl groups excluding tert-OH is 1. The van der Waals surface area contributed by atoms with E-state index in [0.29, 0.717) is 29.0 Å². The van der Waals surface area contributed by atoms with Crippen LogP contribution in [0.25, 0.3) is 10.1 Å². The molecule has 0 aliphatic carbocycles. The number of carbonyl (C=O) groups excluding carboxylic acids is 1. The zero-order valence-corrected chi connectivity index (χ0v) is 11.6. The van der Waals surface area contributed by atoms with Crippen molar-refractivity contribution < 1.29 is 14.3 Å². The largest absolute Gasteiger partial charge is 0.397 e. The second-order valence-electron chi connectivity index (χ2n) is 5.07. The summed E-state index contributed by atoms with van der Waals surface area (Å²) in [5.41, 5.74) is 6.34. The molecule has 1 saturated heterocycles. The predicted octanol–water partition coefficient (Wildman–Crippen LogP) is 2.08. The van der Waals surface area contributed by atoms with Crippen LogP contribution in [0.3, 0.4) is 0 Å². The number of likely N-dealkylation sites (tertiary alicyclic amines) is 1. The summed E-state index contributed by atoms with van der Waals surface area (Å²) in [7, 11) is 0. The summed E-state index contributed by atoms with van der Waals surface area (Å²) in [6, 6.07) is 4.37. The summed E-state index contributed by atoms with van der Waals surface area (Å²) < 4.78 is 14.1. The Morgan fingerprint density at radius 1 is 1.55 bits per heavy atom. The topological polar surface area (TPSA) is 66.6 Å². The first-order valence-corrected chi connectivity index (χ1v) is 7.29. The highest BCUT2D eigenvalue weighted by molar-refractivity contribution is 7.21. The Balaban J connectivity index is 1.94. The van der Waals surface area contributed by atoms with Crippen molar-refractivity contribution in [3.63, 3.8) is 0 Å². The van der Waals surface area contributed by atoms with Crippen molar-refractivity contribution in [3.05, 3.63) is 28.9 Å². The van der Waals surface area contributed by atoms with Crippen molar-refractivity contribution in [2.24, 2.45) is 5.92 Å². The van der Waals surface area contributed by atoms with Gasteiger partial charge in [0.05, 0.1) is 5.69 Å². The molecule has 1 fully saturated rings. The summed E-state index contributed by atoms with van der Waals surface area (Å²) in [6.07, 6.45) is 0.807. The summed E-state index contributed by atoms with van der Waals surface area (Å²) in [6.45, 7) is 1.28. The molecule has 2 aromatic rings. The molecule has 1 atom stereocenters. The van der Waals surface area contributed by atoms with E-state index in [1.54, 1.807) is 11.0 Å². The number of anilines is 1. The fraction of sp³-hybridized carbons (Fsp3) is 0.357. The highest BCUT2D eigenvalue weighted by Crippen LogP contribution is 2.35. The molecule has 2 heterocycles. The molecule has 1 aliphatic rings. The molecular weight excluding hydrogens is 279 g/mol. The fourth-order valence-electron chi connectivity index (χ4n) is 2.56. The molecule has 0 spiro atoms.